The Labute approximate surface area is 161 Å². The molecule has 2 aromatic rings. The molecule has 27 heavy (non-hydrogen) atoms. The first-order valence-electron chi connectivity index (χ1n) is 8.85. The highest BCUT2D eigenvalue weighted by Gasteiger charge is 2.31. The summed E-state index contributed by atoms with van der Waals surface area (Å²) in [5.41, 5.74) is 2.13. The molecule has 1 aromatic carbocycles. The molecule has 1 atom stereocenters. The third kappa shape index (κ3) is 4.19. The largest absolute Gasteiger partial charge is 0.478 e. The van der Waals surface area contributed by atoms with Crippen LogP contribution in [0.25, 0.3) is 0 Å². The SMILES string of the molecule is CC(C)C(NC(=O)c1cccs1)C(=O)N1CCc2ccc(C(=O)O)cc2C1. The van der Waals surface area contributed by atoms with E-state index < -0.39 is 12.0 Å². The van der Waals surface area contributed by atoms with Gasteiger partial charge in [0.1, 0.15) is 6.04 Å². The molecular formula is C20H22N2O4S. The first-order valence-corrected chi connectivity index (χ1v) is 9.73. The summed E-state index contributed by atoms with van der Waals surface area (Å²) in [6.07, 6.45) is 0.671. The number of benzene rings is 1. The minimum Gasteiger partial charge on any atom is -0.478 e. The molecule has 0 saturated carbocycles. The van der Waals surface area contributed by atoms with Crippen molar-refractivity contribution in [1.29, 1.82) is 0 Å². The lowest BCUT2D eigenvalue weighted by Gasteiger charge is -2.33. The number of fused-ring (bicyclic) bond motifs is 1. The number of amides is 2. The van der Waals surface area contributed by atoms with Gasteiger partial charge in [-0.1, -0.05) is 26.0 Å². The van der Waals surface area contributed by atoms with Crippen molar-refractivity contribution in [2.45, 2.75) is 32.9 Å². The minimum atomic E-state index is -0.982. The van der Waals surface area contributed by atoms with Gasteiger partial charge >= 0.3 is 5.97 Å². The van der Waals surface area contributed by atoms with Gasteiger partial charge in [-0.25, -0.2) is 4.79 Å². The van der Waals surface area contributed by atoms with E-state index in [-0.39, 0.29) is 23.3 Å². The van der Waals surface area contributed by atoms with Crippen LogP contribution in [-0.2, 0) is 17.8 Å². The normalized spacial score (nSPS) is 14.6. The summed E-state index contributed by atoms with van der Waals surface area (Å²) in [5, 5.41) is 13.9. The van der Waals surface area contributed by atoms with E-state index in [0.717, 1.165) is 11.1 Å². The van der Waals surface area contributed by atoms with Crippen molar-refractivity contribution in [3.05, 3.63) is 57.3 Å². The van der Waals surface area contributed by atoms with Crippen molar-refractivity contribution in [2.24, 2.45) is 5.92 Å². The van der Waals surface area contributed by atoms with E-state index in [1.54, 1.807) is 29.2 Å². The summed E-state index contributed by atoms with van der Waals surface area (Å²) >= 11 is 1.33. The molecule has 2 heterocycles. The number of nitrogens with zero attached hydrogens (tertiary/aromatic N) is 1. The van der Waals surface area contributed by atoms with Gasteiger partial charge in [-0.2, -0.15) is 0 Å². The Hall–Kier alpha value is -2.67. The van der Waals surface area contributed by atoms with Gasteiger partial charge in [0.25, 0.3) is 5.91 Å². The highest BCUT2D eigenvalue weighted by Crippen LogP contribution is 2.22. The number of carboxylic acid groups (broad SMARTS) is 1. The van der Waals surface area contributed by atoms with Crippen LogP contribution >= 0.6 is 11.3 Å². The van der Waals surface area contributed by atoms with Crippen LogP contribution in [-0.4, -0.2) is 40.4 Å². The van der Waals surface area contributed by atoms with Gasteiger partial charge in [0, 0.05) is 13.1 Å². The molecular weight excluding hydrogens is 364 g/mol. The number of rotatable bonds is 5. The standard InChI is InChI=1S/C20H22N2O4S/c1-12(2)17(21-18(23)16-4-3-9-27-16)19(24)22-8-7-13-5-6-14(20(25)26)10-15(13)11-22/h3-6,9-10,12,17H,7-8,11H2,1-2H3,(H,21,23)(H,25,26). The number of nitrogens with one attached hydrogen (secondary N) is 1. The number of carbonyl (C=O) groups excluding carboxylic acids is 2. The smallest absolute Gasteiger partial charge is 0.335 e. The van der Waals surface area contributed by atoms with Crippen LogP contribution in [0, 0.1) is 5.92 Å². The van der Waals surface area contributed by atoms with E-state index >= 15 is 0 Å². The number of carboxylic acids is 1. The molecule has 2 N–H and O–H groups in total. The molecule has 0 saturated heterocycles. The lowest BCUT2D eigenvalue weighted by Crippen LogP contribution is -2.52. The van der Waals surface area contributed by atoms with E-state index in [0.29, 0.717) is 24.4 Å². The molecule has 1 aliphatic rings. The van der Waals surface area contributed by atoms with Gasteiger partial charge < -0.3 is 15.3 Å². The molecule has 0 spiro atoms. The topological polar surface area (TPSA) is 86.7 Å². The van der Waals surface area contributed by atoms with E-state index in [1.807, 2.05) is 25.3 Å². The Morgan fingerprint density at radius 3 is 2.59 bits per heavy atom. The van der Waals surface area contributed by atoms with E-state index in [1.165, 1.54) is 11.3 Å². The van der Waals surface area contributed by atoms with E-state index in [2.05, 4.69) is 5.32 Å². The molecule has 2 amide bonds. The predicted molar refractivity (Wildman–Crippen MR) is 103 cm³/mol. The van der Waals surface area contributed by atoms with Crippen molar-refractivity contribution in [3.63, 3.8) is 0 Å². The fourth-order valence-electron chi connectivity index (χ4n) is 3.21. The van der Waals surface area contributed by atoms with Crippen molar-refractivity contribution in [3.8, 4) is 0 Å². The first-order chi connectivity index (χ1) is 12.9. The van der Waals surface area contributed by atoms with Crippen LogP contribution < -0.4 is 5.32 Å². The average Bonchev–Trinajstić information content (AvgIpc) is 3.19. The first kappa shape index (κ1) is 19.1. The van der Waals surface area contributed by atoms with Crippen LogP contribution in [0.15, 0.2) is 35.7 Å². The molecule has 3 rings (SSSR count). The van der Waals surface area contributed by atoms with Gasteiger partial charge in [-0.05, 0) is 47.0 Å². The maximum atomic E-state index is 13.1. The lowest BCUT2D eigenvalue weighted by atomic mass is 9.95. The predicted octanol–water partition coefficient (Wildman–Crippen LogP) is 2.79. The van der Waals surface area contributed by atoms with Gasteiger partial charge in [-0.3, -0.25) is 9.59 Å². The number of aromatic carboxylic acids is 1. The molecule has 7 heteroatoms. The zero-order chi connectivity index (χ0) is 19.6. The minimum absolute atomic E-state index is 0.0619. The second-order valence-electron chi connectivity index (χ2n) is 6.97. The van der Waals surface area contributed by atoms with Crippen molar-refractivity contribution in [2.75, 3.05) is 6.54 Å². The van der Waals surface area contributed by atoms with Gasteiger partial charge in [0.05, 0.1) is 10.4 Å². The van der Waals surface area contributed by atoms with Crippen LogP contribution in [0.2, 0.25) is 0 Å². The summed E-state index contributed by atoms with van der Waals surface area (Å²) in [6.45, 7) is 4.71. The number of carbonyl (C=O) groups is 3. The van der Waals surface area contributed by atoms with Crippen LogP contribution in [0.3, 0.4) is 0 Å². The quantitative estimate of drug-likeness (QED) is 0.827. The van der Waals surface area contributed by atoms with Gasteiger partial charge in [-0.15, -0.1) is 11.3 Å². The monoisotopic (exact) mass is 386 g/mol. The lowest BCUT2D eigenvalue weighted by molar-refractivity contribution is -0.135. The summed E-state index contributed by atoms with van der Waals surface area (Å²) in [6, 6.07) is 7.95. The van der Waals surface area contributed by atoms with Crippen LogP contribution in [0.4, 0.5) is 0 Å². The van der Waals surface area contributed by atoms with Crippen LogP contribution in [0.1, 0.15) is 45.0 Å². The van der Waals surface area contributed by atoms with E-state index in [4.69, 9.17) is 0 Å². The van der Waals surface area contributed by atoms with Crippen molar-refractivity contribution >= 4 is 29.1 Å². The maximum Gasteiger partial charge on any atom is 0.335 e. The molecule has 1 aromatic heterocycles. The maximum absolute atomic E-state index is 13.1. The summed E-state index contributed by atoms with van der Waals surface area (Å²) in [4.78, 5) is 38.9. The van der Waals surface area contributed by atoms with E-state index in [9.17, 15) is 19.5 Å². The highest BCUT2D eigenvalue weighted by atomic mass is 32.1. The third-order valence-corrected chi connectivity index (χ3v) is 5.61. The Morgan fingerprint density at radius 2 is 1.96 bits per heavy atom. The number of hydrogen-bond donors (Lipinski definition) is 2. The Balaban J connectivity index is 1.76. The second-order valence-corrected chi connectivity index (χ2v) is 7.92. The molecule has 1 aliphatic heterocycles. The molecule has 1 unspecified atom stereocenters. The Bertz CT molecular complexity index is 861. The molecule has 0 aliphatic carbocycles. The molecule has 0 radical (unpaired) electrons. The molecule has 6 nitrogen and oxygen atoms in total. The van der Waals surface area contributed by atoms with Crippen molar-refractivity contribution < 1.29 is 19.5 Å². The zero-order valence-corrected chi connectivity index (χ0v) is 16.1. The summed E-state index contributed by atoms with van der Waals surface area (Å²) in [7, 11) is 0. The van der Waals surface area contributed by atoms with Crippen molar-refractivity contribution in [1.82, 2.24) is 10.2 Å². The zero-order valence-electron chi connectivity index (χ0n) is 15.3. The Kier molecular flexibility index (Phi) is 5.60. The number of thiophene rings is 1. The fraction of sp³-hybridized carbons (Fsp3) is 0.350. The molecule has 0 fully saturated rings. The van der Waals surface area contributed by atoms with Crippen LogP contribution in [0.5, 0.6) is 0 Å². The molecule has 0 bridgehead atoms. The van der Waals surface area contributed by atoms with Gasteiger partial charge in [0.2, 0.25) is 5.91 Å². The number of hydrogen-bond acceptors (Lipinski definition) is 4. The summed E-state index contributed by atoms with van der Waals surface area (Å²) in [5.74, 6) is -1.43. The fourth-order valence-corrected chi connectivity index (χ4v) is 3.84. The van der Waals surface area contributed by atoms with Gasteiger partial charge in [0.15, 0.2) is 0 Å². The third-order valence-electron chi connectivity index (χ3n) is 4.74. The highest BCUT2D eigenvalue weighted by molar-refractivity contribution is 7.12. The molecule has 142 valence electrons. The average molecular weight is 386 g/mol. The summed E-state index contributed by atoms with van der Waals surface area (Å²) < 4.78 is 0. The second kappa shape index (κ2) is 7.92. The Morgan fingerprint density at radius 1 is 1.19 bits per heavy atom.